The first kappa shape index (κ1) is 139. The van der Waals surface area contributed by atoms with E-state index in [1.165, 1.54) is 103 Å². The van der Waals surface area contributed by atoms with Crippen molar-refractivity contribution in [3.05, 3.63) is 216 Å². The molecule has 35 heteroatoms. The molecule has 0 heterocycles. The summed E-state index contributed by atoms with van der Waals surface area (Å²) in [4.78, 5) is 16.0. The third-order valence-electron chi connectivity index (χ3n) is 16.9. The number of hydrogen-bond acceptors (Lipinski definition) is 32. The number of hydrogen-bond donors (Lipinski definition) is 3. The van der Waals surface area contributed by atoms with Crippen LogP contribution in [0, 0.1) is 45.3 Å². The Morgan fingerprint density at radius 3 is 1.13 bits per heavy atom. The molecule has 8 aromatic rings. The molecule has 8 rings (SSSR count). The number of phenols is 1. The molecule has 0 saturated heterocycles. The fourth-order valence-electron chi connectivity index (χ4n) is 9.60. The van der Waals surface area contributed by atoms with Crippen molar-refractivity contribution in [2.24, 2.45) is 0 Å². The molecule has 8 aromatic carbocycles. The topological polar surface area (TPSA) is 348 Å². The van der Waals surface area contributed by atoms with E-state index in [0.29, 0.717) is 71.4 Å². The number of carbonyl (C=O) groups is 1. The predicted octanol–water partition coefficient (Wildman–Crippen LogP) is 22.6. The van der Waals surface area contributed by atoms with E-state index in [0.717, 1.165) is 97.4 Å². The lowest BCUT2D eigenvalue weighted by Crippen LogP contribution is -2.16. The number of nitrogens with zero attached hydrogens (tertiary/aromatic N) is 4. The summed E-state index contributed by atoms with van der Waals surface area (Å²) < 4.78 is 128. The number of aliphatic hydroxyl groups excluding tert-OH is 2. The molecule has 3 N–H and O–H groups in total. The minimum atomic E-state index is -4.44. The Kier molecular flexibility index (Phi) is 100. The number of alkyl halides is 3. The molecule has 0 radical (unpaired) electrons. The SMILES string of the molecule is CCCCCCCCC(COC)OC.CCOC(=O)c1ccc(OC)c(OC)c1.CO/C(=C\C(C)OC)C(F)(F)F.COCCCO.COCCCOC.COCCO.COCCSC.COc1cc(C#N)c(C#N)cc1OC.COc1ccccc1.COc1ccccc1O.COc1ccccc1OC.COc1ccccc1SC.CSc1cc(C#N)c(C#N)cc1SC.CSc1ccccc1. The molecule has 0 amide bonds. The lowest BCUT2D eigenvalue weighted by Gasteiger charge is -2.13. The molecule has 0 aliphatic heterocycles. The number of rotatable bonds is 40. The van der Waals surface area contributed by atoms with Crippen LogP contribution in [0.3, 0.4) is 0 Å². The summed E-state index contributed by atoms with van der Waals surface area (Å²) in [5.41, 5.74) is 1.93. The van der Waals surface area contributed by atoms with Crippen LogP contribution in [0.25, 0.3) is 0 Å². The van der Waals surface area contributed by atoms with Crippen LogP contribution in [0.4, 0.5) is 13.2 Å². The molecular weight excluding hydrogens is 1880 g/mol. The van der Waals surface area contributed by atoms with Gasteiger partial charge in [-0.25, -0.2) is 4.79 Å². The molecule has 0 aromatic heterocycles. The highest BCUT2D eigenvalue weighted by Crippen LogP contribution is 2.34. The number of aliphatic hydroxyl groups is 2. The van der Waals surface area contributed by atoms with Crippen molar-refractivity contribution < 1.29 is 123 Å². The Hall–Kier alpha value is -10.1. The standard InChI is InChI=1S/C12H26O2.C11H14O4.C10H8N2O2.C10H8N2S2.C8H10O2.C8H10OS.C7H11F3O2.C7H8O2.C7H8O.C7H8S.C5H12O2.C4H10O2.C4H10OS.C3H8O2/c1-4-5-6-7-8-9-10-12(14-3)11-13-2;1-4-15-11(12)8-5-6-9(13-2)10(7-8)14-3;2*1-13-9-3-7(5-11)8(6-12)4-10(9)14-2;2*1-9-7-5-3-4-6-8(7)10-2;1-5(11-2)4-6(12-3)7(8,9)10;1-9-7-5-3-2-4-6(7)8;2*1-8-7-5-3-2-4-6-7;1-6-4-3-5-7-2;1-6-4-2-3-5;1-5-3-4-6-2;1-5-3-2-4/h12H,4-11H2,1-3H3;5-7H,4H2,1-3H3;2*3-4H,1-2H3;2*3-6H,1-2H3;4-5H,1-3H3;2-5,8H,1H3;2*2-6H,1H3;3-5H2,1-2H3;5H,2-4H2,1H3;3-4H2,1-2H3;4H,2-3H2,1H3/b;;;;;;6-4-;;;;;;;. The molecule has 0 bridgehead atoms. The number of thioether (sulfide) groups is 5. The van der Waals surface area contributed by atoms with Crippen molar-refractivity contribution in [2.45, 2.75) is 117 Å². The Balaban J connectivity index is -0.000000343. The molecule has 0 saturated carbocycles. The molecule has 2 unspecified atom stereocenters. The van der Waals surface area contributed by atoms with Gasteiger partial charge in [-0.15, -0.1) is 47.0 Å². The first-order chi connectivity index (χ1) is 66.6. The lowest BCUT2D eigenvalue weighted by molar-refractivity contribution is -0.127. The maximum atomic E-state index is 12.0. The zero-order valence-corrected chi connectivity index (χ0v) is 89.5. The number of nitriles is 4. The normalized spacial score (nSPS) is 10.1. The highest BCUT2D eigenvalue weighted by atomic mass is 32.2. The Morgan fingerprint density at radius 2 is 0.812 bits per heavy atom. The maximum absolute atomic E-state index is 12.0. The van der Waals surface area contributed by atoms with Crippen LogP contribution in [0.2, 0.25) is 0 Å². The van der Waals surface area contributed by atoms with Gasteiger partial charge in [0, 0.05) is 121 Å². The van der Waals surface area contributed by atoms with Crippen LogP contribution >= 0.6 is 58.8 Å². The molecule has 0 aliphatic rings. The molecule has 0 fully saturated rings. The first-order valence-electron chi connectivity index (χ1n) is 43.0. The fourth-order valence-corrected chi connectivity index (χ4v) is 12.4. The van der Waals surface area contributed by atoms with Gasteiger partial charge in [0.1, 0.15) is 35.8 Å². The number of phenolic OH excluding ortho intramolecular Hbond substituents is 1. The summed E-state index contributed by atoms with van der Waals surface area (Å²) in [5.74, 6) is 5.81. The summed E-state index contributed by atoms with van der Waals surface area (Å²) in [7, 11) is 28.2. The lowest BCUT2D eigenvalue weighted by atomic mass is 10.1. The third kappa shape index (κ3) is 73.1. The van der Waals surface area contributed by atoms with Crippen LogP contribution < -0.4 is 42.6 Å². The zero-order chi connectivity index (χ0) is 105. The molecule has 27 nitrogen and oxygen atoms in total. The highest BCUT2D eigenvalue weighted by Gasteiger charge is 2.35. The number of ether oxygens (including phenoxy) is 19. The van der Waals surface area contributed by atoms with E-state index >= 15 is 0 Å². The first-order valence-corrected chi connectivity index (χ1v) is 49.3. The summed E-state index contributed by atoms with van der Waals surface area (Å²) in [5, 5.41) is 60.1. The largest absolute Gasteiger partial charge is 0.504 e. The van der Waals surface area contributed by atoms with Gasteiger partial charge in [0.25, 0.3) is 0 Å². The van der Waals surface area contributed by atoms with Crippen LogP contribution in [0.1, 0.15) is 111 Å². The average Bonchev–Trinajstić information content (AvgIpc) is 0.839. The maximum Gasteiger partial charge on any atom is 0.448 e. The van der Waals surface area contributed by atoms with Crippen LogP contribution in [0.5, 0.6) is 57.5 Å². The summed E-state index contributed by atoms with van der Waals surface area (Å²) in [6, 6.07) is 61.7. The number of benzene rings is 8. The number of para-hydroxylation sites is 6. The molecule has 2 atom stereocenters. The summed E-state index contributed by atoms with van der Waals surface area (Å²) in [6.07, 6.45) is 17.2. The molecule has 138 heavy (non-hydrogen) atoms. The number of halogens is 3. The molecule has 772 valence electrons. The van der Waals surface area contributed by atoms with Crippen LogP contribution in [-0.4, -0.2) is 264 Å². The number of carbonyl (C=O) groups excluding carboxylic acids is 1. The van der Waals surface area contributed by atoms with E-state index in [2.05, 4.69) is 50.5 Å². The van der Waals surface area contributed by atoms with E-state index in [4.69, 9.17) is 107 Å². The monoisotopic (exact) mass is 2030 g/mol. The van der Waals surface area contributed by atoms with Gasteiger partial charge in [-0.3, -0.25) is 0 Å². The van der Waals surface area contributed by atoms with E-state index in [1.807, 2.05) is 140 Å². The van der Waals surface area contributed by atoms with Gasteiger partial charge in [-0.1, -0.05) is 118 Å². The van der Waals surface area contributed by atoms with Gasteiger partial charge in [0.05, 0.1) is 144 Å². The van der Waals surface area contributed by atoms with Crippen molar-refractivity contribution in [1.29, 1.82) is 21.0 Å². The summed E-state index contributed by atoms with van der Waals surface area (Å²) in [6.45, 7) is 10.5. The average molecular weight is 2030 g/mol. The minimum absolute atomic E-state index is 0.122. The van der Waals surface area contributed by atoms with E-state index in [-0.39, 0.29) is 36.1 Å². The summed E-state index contributed by atoms with van der Waals surface area (Å²) >= 11 is 8.44. The van der Waals surface area contributed by atoms with Crippen molar-refractivity contribution in [3.8, 4) is 81.8 Å². The smallest absolute Gasteiger partial charge is 0.448 e. The molecular formula is C103H151F3N4O23S5. The number of unbranched alkanes of at least 4 members (excludes halogenated alkanes) is 5. The Labute approximate surface area is 842 Å². The van der Waals surface area contributed by atoms with Gasteiger partial charge in [-0.2, -0.15) is 46.0 Å². The van der Waals surface area contributed by atoms with Crippen molar-refractivity contribution in [3.63, 3.8) is 0 Å². The number of esters is 1. The highest BCUT2D eigenvalue weighted by molar-refractivity contribution is 8.01. The predicted molar refractivity (Wildman–Crippen MR) is 554 cm³/mol. The van der Waals surface area contributed by atoms with Gasteiger partial charge in [0.2, 0.25) is 0 Å². The van der Waals surface area contributed by atoms with Crippen molar-refractivity contribution in [2.75, 3.05) is 224 Å². The van der Waals surface area contributed by atoms with Crippen LogP contribution in [0.15, 0.2) is 207 Å². The quantitative estimate of drug-likeness (QED) is 0.0139. The van der Waals surface area contributed by atoms with Crippen LogP contribution in [-0.2, 0) is 47.4 Å². The number of aromatic hydroxyl groups is 1. The van der Waals surface area contributed by atoms with Gasteiger partial charge in [-0.05, 0) is 161 Å². The second kappa shape index (κ2) is 99.9. The second-order valence-corrected chi connectivity index (χ2v) is 30.7. The Morgan fingerprint density at radius 1 is 0.406 bits per heavy atom. The molecule has 0 spiro atoms. The minimum Gasteiger partial charge on any atom is -0.504 e. The van der Waals surface area contributed by atoms with Crippen molar-refractivity contribution >= 4 is 64.8 Å². The van der Waals surface area contributed by atoms with E-state index in [1.54, 1.807) is 206 Å². The zero-order valence-electron chi connectivity index (χ0n) is 85.4. The Bertz CT molecular complexity index is 4100. The van der Waals surface area contributed by atoms with E-state index in [9.17, 15) is 18.0 Å². The third-order valence-corrected chi connectivity index (χ3v) is 20.6. The van der Waals surface area contributed by atoms with Crippen molar-refractivity contribution in [1.82, 2.24) is 0 Å². The van der Waals surface area contributed by atoms with Gasteiger partial charge in [0.15, 0.2) is 51.8 Å². The fraction of sp³-hybridized carbons (Fsp3) is 0.466. The van der Waals surface area contributed by atoms with Gasteiger partial charge < -0.3 is 105 Å². The molecule has 0 aliphatic carbocycles. The number of methoxy groups -OCH3 is 18. The van der Waals surface area contributed by atoms with E-state index < -0.39 is 18.0 Å². The second-order valence-electron chi connectivity index (χ2n) is 26.3. The number of allylic oxidation sites excluding steroid dienone is 1. The van der Waals surface area contributed by atoms with Gasteiger partial charge >= 0.3 is 12.1 Å².